The van der Waals surface area contributed by atoms with Crippen molar-refractivity contribution in [2.75, 3.05) is 0 Å². The Balaban J connectivity index is 1.93. The van der Waals surface area contributed by atoms with E-state index in [1.54, 1.807) is 11.3 Å². The van der Waals surface area contributed by atoms with Crippen LogP contribution in [0.25, 0.3) is 22.4 Å². The number of phenols is 1. The van der Waals surface area contributed by atoms with Gasteiger partial charge in [-0.15, -0.1) is 11.3 Å². The van der Waals surface area contributed by atoms with Gasteiger partial charge in [-0.1, -0.05) is 18.2 Å². The summed E-state index contributed by atoms with van der Waals surface area (Å²) in [4.78, 5) is 4.57. The molecule has 0 fully saturated rings. The molecule has 1 N–H and O–H groups in total. The molecular formula is C17H15NOS. The van der Waals surface area contributed by atoms with E-state index in [1.165, 1.54) is 4.70 Å². The van der Waals surface area contributed by atoms with Crippen LogP contribution in [-0.2, 0) is 0 Å². The number of aromatic hydroxyl groups is 1. The van der Waals surface area contributed by atoms with Crippen LogP contribution in [0.15, 0.2) is 36.4 Å². The molecule has 20 heavy (non-hydrogen) atoms. The lowest BCUT2D eigenvalue weighted by Gasteiger charge is -2.04. The van der Waals surface area contributed by atoms with E-state index in [0.29, 0.717) is 5.75 Å². The summed E-state index contributed by atoms with van der Waals surface area (Å²) in [5, 5.41) is 10.8. The second-order valence-electron chi connectivity index (χ2n) is 4.86. The van der Waals surface area contributed by atoms with Crippen molar-refractivity contribution in [2.24, 2.45) is 0 Å². The highest BCUT2D eigenvalue weighted by Gasteiger charge is 2.02. The minimum Gasteiger partial charge on any atom is -0.507 e. The molecule has 0 bridgehead atoms. The Kier molecular flexibility index (Phi) is 3.28. The first kappa shape index (κ1) is 12.9. The number of benzene rings is 2. The van der Waals surface area contributed by atoms with Gasteiger partial charge >= 0.3 is 0 Å². The lowest BCUT2D eigenvalue weighted by atomic mass is 10.1. The number of aromatic nitrogens is 1. The van der Waals surface area contributed by atoms with Crippen molar-refractivity contribution in [2.45, 2.75) is 13.8 Å². The first-order valence-corrected chi connectivity index (χ1v) is 7.29. The maximum atomic E-state index is 9.78. The van der Waals surface area contributed by atoms with Crippen LogP contribution in [0.4, 0.5) is 0 Å². The molecular weight excluding hydrogens is 266 g/mol. The van der Waals surface area contributed by atoms with Crippen LogP contribution in [-0.4, -0.2) is 10.1 Å². The molecule has 3 aromatic rings. The van der Waals surface area contributed by atoms with Crippen molar-refractivity contribution in [3.05, 3.63) is 58.1 Å². The largest absolute Gasteiger partial charge is 0.507 e. The highest BCUT2D eigenvalue weighted by Crippen LogP contribution is 2.26. The summed E-state index contributed by atoms with van der Waals surface area (Å²) >= 11 is 1.68. The highest BCUT2D eigenvalue weighted by atomic mass is 32.1. The van der Waals surface area contributed by atoms with Crippen LogP contribution < -0.4 is 0 Å². The molecule has 2 aromatic carbocycles. The Bertz CT molecular complexity index is 746. The van der Waals surface area contributed by atoms with Crippen molar-refractivity contribution in [3.63, 3.8) is 0 Å². The average molecular weight is 281 g/mol. The second-order valence-corrected chi connectivity index (χ2v) is 5.92. The number of nitrogens with zero attached hydrogens (tertiary/aromatic N) is 1. The molecule has 0 aliphatic rings. The van der Waals surface area contributed by atoms with E-state index in [9.17, 15) is 5.11 Å². The average Bonchev–Trinajstić information content (AvgIpc) is 2.85. The smallest absolute Gasteiger partial charge is 0.121 e. The number of hydrogen-bond acceptors (Lipinski definition) is 3. The van der Waals surface area contributed by atoms with Crippen LogP contribution >= 0.6 is 11.3 Å². The van der Waals surface area contributed by atoms with Gasteiger partial charge < -0.3 is 5.11 Å². The molecule has 0 saturated heterocycles. The summed E-state index contributed by atoms with van der Waals surface area (Å²) < 4.78 is 1.20. The summed E-state index contributed by atoms with van der Waals surface area (Å²) in [5.74, 6) is 0.377. The third kappa shape index (κ3) is 2.45. The lowest BCUT2D eigenvalue weighted by molar-refractivity contribution is 0.467. The topological polar surface area (TPSA) is 33.1 Å². The van der Waals surface area contributed by atoms with Gasteiger partial charge in [0.05, 0.1) is 10.2 Å². The van der Waals surface area contributed by atoms with Crippen LogP contribution in [0.1, 0.15) is 21.7 Å². The fraction of sp³-hybridized carbons (Fsp3) is 0.118. The number of rotatable bonds is 2. The number of hydrogen-bond donors (Lipinski definition) is 1. The first-order valence-electron chi connectivity index (χ1n) is 6.47. The van der Waals surface area contributed by atoms with Crippen molar-refractivity contribution < 1.29 is 5.11 Å². The number of fused-ring (bicyclic) bond motifs is 1. The predicted octanol–water partition coefficient (Wildman–Crippen LogP) is 4.79. The zero-order valence-corrected chi connectivity index (χ0v) is 12.2. The van der Waals surface area contributed by atoms with E-state index in [4.69, 9.17) is 0 Å². The van der Waals surface area contributed by atoms with Gasteiger partial charge in [0.25, 0.3) is 0 Å². The molecule has 0 spiro atoms. The van der Waals surface area contributed by atoms with Crippen LogP contribution in [0.5, 0.6) is 5.75 Å². The van der Waals surface area contributed by atoms with Crippen molar-refractivity contribution in [1.82, 2.24) is 4.98 Å². The quantitative estimate of drug-likeness (QED) is 0.732. The fourth-order valence-electron chi connectivity index (χ4n) is 2.21. The molecule has 0 saturated carbocycles. The van der Waals surface area contributed by atoms with Gasteiger partial charge in [-0.2, -0.15) is 0 Å². The van der Waals surface area contributed by atoms with Crippen LogP contribution in [0.2, 0.25) is 0 Å². The zero-order valence-electron chi connectivity index (χ0n) is 11.4. The number of para-hydroxylation sites is 1. The summed E-state index contributed by atoms with van der Waals surface area (Å²) in [6.07, 6.45) is 4.06. The third-order valence-electron chi connectivity index (χ3n) is 3.24. The van der Waals surface area contributed by atoms with Gasteiger partial charge in [0.15, 0.2) is 0 Å². The first-order chi connectivity index (χ1) is 9.63. The van der Waals surface area contributed by atoms with Gasteiger partial charge in [0.2, 0.25) is 0 Å². The molecule has 0 atom stereocenters. The molecule has 3 rings (SSSR count). The minimum absolute atomic E-state index is 0.377. The van der Waals surface area contributed by atoms with E-state index in [0.717, 1.165) is 27.2 Å². The Hall–Kier alpha value is -2.13. The third-order valence-corrected chi connectivity index (χ3v) is 4.24. The summed E-state index contributed by atoms with van der Waals surface area (Å²) in [6.45, 7) is 3.83. The highest BCUT2D eigenvalue weighted by molar-refractivity contribution is 7.19. The Morgan fingerprint density at radius 1 is 1.05 bits per heavy atom. The van der Waals surface area contributed by atoms with Gasteiger partial charge in [0.1, 0.15) is 10.8 Å². The summed E-state index contributed by atoms with van der Waals surface area (Å²) in [7, 11) is 0. The summed E-state index contributed by atoms with van der Waals surface area (Å²) in [6, 6.07) is 12.1. The predicted molar refractivity (Wildman–Crippen MR) is 86.1 cm³/mol. The number of phenolic OH excluding ortho intramolecular Hbond substituents is 1. The Morgan fingerprint density at radius 2 is 1.75 bits per heavy atom. The SMILES string of the molecule is Cc1cc(C=Cc2nc3ccccc3s2)cc(C)c1O. The summed E-state index contributed by atoms with van der Waals surface area (Å²) in [5.41, 5.74) is 3.91. The molecule has 0 aliphatic heterocycles. The van der Waals surface area contributed by atoms with Crippen molar-refractivity contribution in [3.8, 4) is 5.75 Å². The van der Waals surface area contributed by atoms with E-state index >= 15 is 0 Å². The van der Waals surface area contributed by atoms with Crippen LogP contribution in [0.3, 0.4) is 0 Å². The standard InChI is InChI=1S/C17H15NOS/c1-11-9-13(10-12(2)17(11)19)7-8-16-18-14-5-3-4-6-15(14)20-16/h3-10,19H,1-2H3. The monoisotopic (exact) mass is 281 g/mol. The molecule has 0 amide bonds. The molecule has 3 heteroatoms. The minimum atomic E-state index is 0.377. The molecule has 2 nitrogen and oxygen atoms in total. The number of aryl methyl sites for hydroxylation is 2. The van der Waals surface area contributed by atoms with Gasteiger partial charge in [-0.25, -0.2) is 4.98 Å². The van der Waals surface area contributed by atoms with Crippen molar-refractivity contribution >= 4 is 33.7 Å². The Morgan fingerprint density at radius 3 is 2.45 bits per heavy atom. The maximum Gasteiger partial charge on any atom is 0.121 e. The molecule has 100 valence electrons. The Labute approximate surface area is 122 Å². The van der Waals surface area contributed by atoms with Gasteiger partial charge in [-0.3, -0.25) is 0 Å². The van der Waals surface area contributed by atoms with E-state index in [2.05, 4.69) is 11.1 Å². The fourth-order valence-corrected chi connectivity index (χ4v) is 3.08. The van der Waals surface area contributed by atoms with Crippen molar-refractivity contribution in [1.29, 1.82) is 0 Å². The molecule has 0 unspecified atom stereocenters. The molecule has 1 aromatic heterocycles. The second kappa shape index (κ2) is 5.10. The van der Waals surface area contributed by atoms with Crippen LogP contribution in [0, 0.1) is 13.8 Å². The zero-order chi connectivity index (χ0) is 14.1. The molecule has 0 aliphatic carbocycles. The van der Waals surface area contributed by atoms with E-state index in [-0.39, 0.29) is 0 Å². The normalized spacial score (nSPS) is 11.5. The maximum absolute atomic E-state index is 9.78. The number of thiazole rings is 1. The molecule has 1 heterocycles. The van der Waals surface area contributed by atoms with Gasteiger partial charge in [-0.05, 0) is 60.9 Å². The lowest BCUT2D eigenvalue weighted by Crippen LogP contribution is -1.82. The van der Waals surface area contributed by atoms with E-state index < -0.39 is 0 Å². The van der Waals surface area contributed by atoms with E-state index in [1.807, 2.05) is 56.3 Å². The van der Waals surface area contributed by atoms with Gasteiger partial charge in [0, 0.05) is 0 Å². The molecule has 0 radical (unpaired) electrons.